The molecule has 0 aromatic heterocycles. The maximum Gasteiger partial charge on any atom is 0.139 e. The molecular formula is C20H32O. The molecule has 0 amide bonds. The van der Waals surface area contributed by atoms with E-state index in [1.165, 1.54) is 51.4 Å². The monoisotopic (exact) mass is 288 g/mol. The molecular weight excluding hydrogens is 256 g/mol. The first-order valence-electron chi connectivity index (χ1n) is 9.48. The van der Waals surface area contributed by atoms with E-state index in [-0.39, 0.29) is 5.41 Å². The summed E-state index contributed by atoms with van der Waals surface area (Å²) in [4.78, 5) is 12.4. The molecule has 0 N–H and O–H groups in total. The molecule has 0 spiro atoms. The van der Waals surface area contributed by atoms with Gasteiger partial charge in [-0.2, -0.15) is 0 Å². The Bertz CT molecular complexity index is 455. The number of carbonyl (C=O) groups is 1. The van der Waals surface area contributed by atoms with Gasteiger partial charge in [-0.3, -0.25) is 4.79 Å². The number of ketones is 1. The fourth-order valence-electron chi connectivity index (χ4n) is 7.44. The van der Waals surface area contributed by atoms with Crippen LogP contribution < -0.4 is 0 Å². The van der Waals surface area contributed by atoms with Crippen LogP contribution in [0, 0.1) is 40.4 Å². The van der Waals surface area contributed by atoms with Crippen LogP contribution in [0.5, 0.6) is 0 Å². The first kappa shape index (κ1) is 14.3. The lowest BCUT2D eigenvalue weighted by molar-refractivity contribution is -0.140. The Labute approximate surface area is 130 Å². The standard InChI is InChI=1S/C20H32O/c1-13-4-5-14-6-7-15-16-8-9-18(21)19(16,2)11-10-17(15)20(14,3)12-13/h13-17H,4-12H2,1-3H3/t13-,14?,15?,16?,17?,19?,20?/m0/s1. The first-order valence-corrected chi connectivity index (χ1v) is 9.48. The molecule has 1 nitrogen and oxygen atoms in total. The van der Waals surface area contributed by atoms with Crippen molar-refractivity contribution >= 4 is 5.78 Å². The lowest BCUT2D eigenvalue weighted by Crippen LogP contribution is -2.53. The minimum absolute atomic E-state index is 0.0602. The zero-order valence-electron chi connectivity index (χ0n) is 14.2. The quantitative estimate of drug-likeness (QED) is 0.596. The van der Waals surface area contributed by atoms with E-state index in [2.05, 4.69) is 20.8 Å². The maximum absolute atomic E-state index is 12.4. The fourth-order valence-corrected chi connectivity index (χ4v) is 7.44. The van der Waals surface area contributed by atoms with Gasteiger partial charge in [-0.25, -0.2) is 0 Å². The topological polar surface area (TPSA) is 17.1 Å². The highest BCUT2D eigenvalue weighted by molar-refractivity contribution is 5.87. The van der Waals surface area contributed by atoms with Crippen molar-refractivity contribution in [3.8, 4) is 0 Å². The second-order valence-electron chi connectivity index (χ2n) is 9.46. The van der Waals surface area contributed by atoms with Crippen molar-refractivity contribution in [3.05, 3.63) is 0 Å². The van der Waals surface area contributed by atoms with Crippen LogP contribution in [0.4, 0.5) is 0 Å². The van der Waals surface area contributed by atoms with Crippen molar-refractivity contribution in [2.75, 3.05) is 0 Å². The predicted octanol–water partition coefficient (Wildman–Crippen LogP) is 5.23. The molecule has 118 valence electrons. The van der Waals surface area contributed by atoms with Crippen LogP contribution in [0.3, 0.4) is 0 Å². The Hall–Kier alpha value is -0.330. The average Bonchev–Trinajstić information content (AvgIpc) is 2.74. The number of rotatable bonds is 0. The van der Waals surface area contributed by atoms with Crippen LogP contribution >= 0.6 is 0 Å². The molecule has 4 saturated carbocycles. The summed E-state index contributed by atoms with van der Waals surface area (Å²) >= 11 is 0. The third kappa shape index (κ3) is 1.85. The van der Waals surface area contributed by atoms with Gasteiger partial charge in [-0.15, -0.1) is 0 Å². The van der Waals surface area contributed by atoms with Gasteiger partial charge in [0.2, 0.25) is 0 Å². The van der Waals surface area contributed by atoms with Crippen LogP contribution in [0.15, 0.2) is 0 Å². The zero-order valence-corrected chi connectivity index (χ0v) is 14.2. The molecule has 0 saturated heterocycles. The van der Waals surface area contributed by atoms with Crippen LogP contribution in [0.2, 0.25) is 0 Å². The van der Waals surface area contributed by atoms with Gasteiger partial charge < -0.3 is 0 Å². The van der Waals surface area contributed by atoms with E-state index < -0.39 is 0 Å². The summed E-state index contributed by atoms with van der Waals surface area (Å²) in [6.45, 7) is 7.40. The number of Topliss-reactive ketones (excluding diaryl/α,β-unsaturated/α-hetero) is 1. The van der Waals surface area contributed by atoms with E-state index in [9.17, 15) is 4.79 Å². The summed E-state index contributed by atoms with van der Waals surface area (Å²) in [5.41, 5.74) is 0.651. The largest absolute Gasteiger partial charge is 0.299 e. The van der Waals surface area contributed by atoms with Crippen molar-refractivity contribution in [2.24, 2.45) is 40.4 Å². The number of carbonyl (C=O) groups excluding carboxylic acids is 1. The van der Waals surface area contributed by atoms with Gasteiger partial charge in [0.05, 0.1) is 0 Å². The number of hydrogen-bond acceptors (Lipinski definition) is 1. The molecule has 0 radical (unpaired) electrons. The van der Waals surface area contributed by atoms with Gasteiger partial charge in [-0.1, -0.05) is 27.2 Å². The molecule has 0 aromatic rings. The Morgan fingerprint density at radius 1 is 0.952 bits per heavy atom. The molecule has 4 rings (SSSR count). The molecule has 0 heterocycles. The molecule has 4 aliphatic carbocycles. The molecule has 4 aliphatic rings. The molecule has 0 bridgehead atoms. The van der Waals surface area contributed by atoms with E-state index in [0.29, 0.717) is 11.2 Å². The van der Waals surface area contributed by atoms with E-state index >= 15 is 0 Å². The summed E-state index contributed by atoms with van der Waals surface area (Å²) in [5.74, 6) is 5.00. The third-order valence-corrected chi connectivity index (χ3v) is 8.57. The van der Waals surface area contributed by atoms with Crippen molar-refractivity contribution in [2.45, 2.75) is 78.6 Å². The average molecular weight is 288 g/mol. The predicted molar refractivity (Wildman–Crippen MR) is 85.9 cm³/mol. The summed E-state index contributed by atoms with van der Waals surface area (Å²) in [6, 6.07) is 0. The van der Waals surface area contributed by atoms with Crippen molar-refractivity contribution < 1.29 is 4.79 Å². The Morgan fingerprint density at radius 2 is 1.71 bits per heavy atom. The van der Waals surface area contributed by atoms with Gasteiger partial charge in [0, 0.05) is 11.8 Å². The summed E-state index contributed by atoms with van der Waals surface area (Å²) in [7, 11) is 0. The number of fused-ring (bicyclic) bond motifs is 5. The maximum atomic E-state index is 12.4. The minimum Gasteiger partial charge on any atom is -0.299 e. The van der Waals surface area contributed by atoms with Crippen LogP contribution in [-0.2, 0) is 4.79 Å². The van der Waals surface area contributed by atoms with Gasteiger partial charge in [0.15, 0.2) is 0 Å². The highest BCUT2D eigenvalue weighted by atomic mass is 16.1. The Morgan fingerprint density at radius 3 is 2.52 bits per heavy atom. The minimum atomic E-state index is 0.0602. The zero-order chi connectivity index (χ0) is 14.8. The summed E-state index contributed by atoms with van der Waals surface area (Å²) in [5, 5.41) is 0. The summed E-state index contributed by atoms with van der Waals surface area (Å²) in [6.07, 6.45) is 11.9. The second kappa shape index (κ2) is 4.59. The van der Waals surface area contributed by atoms with E-state index in [4.69, 9.17) is 0 Å². The second-order valence-corrected chi connectivity index (χ2v) is 9.46. The molecule has 1 heteroatoms. The van der Waals surface area contributed by atoms with Crippen LogP contribution in [0.1, 0.15) is 78.6 Å². The van der Waals surface area contributed by atoms with E-state index in [1.54, 1.807) is 0 Å². The van der Waals surface area contributed by atoms with Gasteiger partial charge in [0.1, 0.15) is 5.78 Å². The lowest BCUT2D eigenvalue weighted by atomic mass is 9.44. The highest BCUT2D eigenvalue weighted by Crippen LogP contribution is 2.65. The van der Waals surface area contributed by atoms with Crippen LogP contribution in [0.25, 0.3) is 0 Å². The Kier molecular flexibility index (Phi) is 3.12. The van der Waals surface area contributed by atoms with Crippen molar-refractivity contribution in [1.29, 1.82) is 0 Å². The molecule has 6 unspecified atom stereocenters. The van der Waals surface area contributed by atoms with Crippen molar-refractivity contribution in [3.63, 3.8) is 0 Å². The molecule has 0 aliphatic heterocycles. The Balaban J connectivity index is 1.66. The van der Waals surface area contributed by atoms with E-state index in [1.807, 2.05) is 0 Å². The summed E-state index contributed by atoms with van der Waals surface area (Å²) < 4.78 is 0. The molecule has 4 fully saturated rings. The SMILES string of the molecule is C[C@H]1CCC2CCC3C4CCC(=O)C4(C)CCC3C2(C)C1. The normalized spacial score (nSPS) is 56.5. The van der Waals surface area contributed by atoms with E-state index in [0.717, 1.165) is 36.0 Å². The van der Waals surface area contributed by atoms with Crippen LogP contribution in [-0.4, -0.2) is 5.78 Å². The number of hydrogen-bond donors (Lipinski definition) is 0. The fraction of sp³-hybridized carbons (Fsp3) is 0.950. The lowest BCUT2D eigenvalue weighted by Gasteiger charge is -2.60. The highest BCUT2D eigenvalue weighted by Gasteiger charge is 2.59. The third-order valence-electron chi connectivity index (χ3n) is 8.57. The molecule has 0 aromatic carbocycles. The van der Waals surface area contributed by atoms with Gasteiger partial charge >= 0.3 is 0 Å². The first-order chi connectivity index (χ1) is 9.95. The molecule has 21 heavy (non-hydrogen) atoms. The molecule has 7 atom stereocenters. The van der Waals surface area contributed by atoms with Crippen molar-refractivity contribution in [1.82, 2.24) is 0 Å². The van der Waals surface area contributed by atoms with Gasteiger partial charge in [-0.05, 0) is 80.0 Å². The smallest absolute Gasteiger partial charge is 0.139 e. The van der Waals surface area contributed by atoms with Gasteiger partial charge in [0.25, 0.3) is 0 Å².